The molecule has 0 amide bonds. The zero-order chi connectivity index (χ0) is 13.8. The van der Waals surface area contributed by atoms with E-state index in [0.717, 1.165) is 35.4 Å². The highest BCUT2D eigenvalue weighted by atomic mass is 15.2. The number of rotatable bonds is 4. The zero-order valence-electron chi connectivity index (χ0n) is 11.5. The first-order valence-corrected chi connectivity index (χ1v) is 6.29. The van der Waals surface area contributed by atoms with Crippen molar-refractivity contribution in [3.05, 3.63) is 36.2 Å². The number of aryl methyl sites for hydroxylation is 1. The summed E-state index contributed by atoms with van der Waals surface area (Å²) in [7, 11) is 1.98. The lowest BCUT2D eigenvalue weighted by Gasteiger charge is -2.19. The van der Waals surface area contributed by atoms with Gasteiger partial charge < -0.3 is 16.0 Å². The first kappa shape index (κ1) is 13.1. The number of nitrogens with zero attached hydrogens (tertiary/aromatic N) is 3. The molecule has 5 nitrogen and oxygen atoms in total. The molecule has 1 heterocycles. The molecule has 2 aromatic rings. The minimum atomic E-state index is 0.746. The fourth-order valence-corrected chi connectivity index (χ4v) is 1.83. The first-order valence-electron chi connectivity index (χ1n) is 6.29. The van der Waals surface area contributed by atoms with E-state index in [2.05, 4.69) is 15.3 Å². The third-order valence-corrected chi connectivity index (χ3v) is 2.81. The second-order valence-corrected chi connectivity index (χ2v) is 4.34. The summed E-state index contributed by atoms with van der Waals surface area (Å²) in [5.74, 6) is 2.44. The largest absolute Gasteiger partial charge is 0.399 e. The van der Waals surface area contributed by atoms with Crippen molar-refractivity contribution >= 4 is 23.0 Å². The summed E-state index contributed by atoms with van der Waals surface area (Å²) in [6.07, 6.45) is 0. The van der Waals surface area contributed by atoms with Crippen LogP contribution in [0.25, 0.3) is 0 Å². The molecule has 0 aliphatic heterocycles. The van der Waals surface area contributed by atoms with E-state index in [1.165, 1.54) is 0 Å². The van der Waals surface area contributed by atoms with Gasteiger partial charge in [-0.3, -0.25) is 0 Å². The third kappa shape index (κ3) is 3.13. The Kier molecular flexibility index (Phi) is 3.85. The van der Waals surface area contributed by atoms with Gasteiger partial charge in [0, 0.05) is 31.0 Å². The van der Waals surface area contributed by atoms with Crippen molar-refractivity contribution in [3.63, 3.8) is 0 Å². The highest BCUT2D eigenvalue weighted by Crippen LogP contribution is 2.24. The van der Waals surface area contributed by atoms with Crippen LogP contribution in [-0.4, -0.2) is 23.6 Å². The molecule has 3 N–H and O–H groups in total. The van der Waals surface area contributed by atoms with E-state index in [0.29, 0.717) is 0 Å². The topological polar surface area (TPSA) is 67.1 Å². The Morgan fingerprint density at radius 1 is 1.21 bits per heavy atom. The molecule has 0 aliphatic rings. The number of nitrogen functional groups attached to an aromatic ring is 1. The number of benzene rings is 1. The van der Waals surface area contributed by atoms with Crippen LogP contribution in [0.4, 0.5) is 23.0 Å². The molecule has 1 aromatic carbocycles. The van der Waals surface area contributed by atoms with Gasteiger partial charge in [0.15, 0.2) is 0 Å². The molecule has 2 rings (SSSR count). The molecule has 1 aromatic heterocycles. The van der Waals surface area contributed by atoms with Crippen LogP contribution in [0, 0.1) is 6.92 Å². The van der Waals surface area contributed by atoms with Crippen molar-refractivity contribution in [2.45, 2.75) is 13.8 Å². The average molecular weight is 257 g/mol. The van der Waals surface area contributed by atoms with Crippen LogP contribution in [0.5, 0.6) is 0 Å². The van der Waals surface area contributed by atoms with Gasteiger partial charge in [-0.25, -0.2) is 9.97 Å². The van der Waals surface area contributed by atoms with E-state index >= 15 is 0 Å². The lowest BCUT2D eigenvalue weighted by Crippen LogP contribution is -2.13. The molecule has 0 bridgehead atoms. The van der Waals surface area contributed by atoms with Crippen LogP contribution < -0.4 is 16.0 Å². The molecule has 0 atom stereocenters. The second kappa shape index (κ2) is 5.56. The number of hydrogen-bond donors (Lipinski definition) is 2. The summed E-state index contributed by atoms with van der Waals surface area (Å²) in [5.41, 5.74) is 7.49. The smallest absolute Gasteiger partial charge is 0.138 e. The van der Waals surface area contributed by atoms with Gasteiger partial charge in [0.05, 0.1) is 0 Å². The van der Waals surface area contributed by atoms with E-state index in [1.807, 2.05) is 56.1 Å². The van der Waals surface area contributed by atoms with Gasteiger partial charge in [0.2, 0.25) is 0 Å². The van der Waals surface area contributed by atoms with Gasteiger partial charge in [0.25, 0.3) is 0 Å². The molecular weight excluding hydrogens is 238 g/mol. The van der Waals surface area contributed by atoms with Crippen LogP contribution in [0.3, 0.4) is 0 Å². The SMILES string of the molecule is CCNc1cc(N(C)c2ccc(N)cc2)nc(C)n1. The maximum absolute atomic E-state index is 5.70. The Balaban J connectivity index is 2.32. The lowest BCUT2D eigenvalue weighted by atomic mass is 10.2. The van der Waals surface area contributed by atoms with Crippen molar-refractivity contribution in [2.75, 3.05) is 29.5 Å². The van der Waals surface area contributed by atoms with Crippen molar-refractivity contribution in [2.24, 2.45) is 0 Å². The maximum atomic E-state index is 5.70. The Bertz CT molecular complexity index is 550. The number of hydrogen-bond acceptors (Lipinski definition) is 5. The predicted molar refractivity (Wildman–Crippen MR) is 79.9 cm³/mol. The molecule has 0 radical (unpaired) electrons. The monoisotopic (exact) mass is 257 g/mol. The van der Waals surface area contributed by atoms with Gasteiger partial charge in [-0.2, -0.15) is 0 Å². The van der Waals surface area contributed by atoms with Crippen molar-refractivity contribution in [1.29, 1.82) is 0 Å². The minimum absolute atomic E-state index is 0.746. The Morgan fingerprint density at radius 3 is 2.53 bits per heavy atom. The quantitative estimate of drug-likeness (QED) is 0.824. The molecule has 0 spiro atoms. The Labute approximate surface area is 113 Å². The average Bonchev–Trinajstić information content (AvgIpc) is 2.38. The van der Waals surface area contributed by atoms with Gasteiger partial charge in [0.1, 0.15) is 17.5 Å². The predicted octanol–water partition coefficient (Wildman–Crippen LogP) is 2.57. The van der Waals surface area contributed by atoms with E-state index < -0.39 is 0 Å². The van der Waals surface area contributed by atoms with Crippen LogP contribution in [-0.2, 0) is 0 Å². The number of anilines is 4. The number of aromatic nitrogens is 2. The Morgan fingerprint density at radius 2 is 1.89 bits per heavy atom. The number of nitrogens with one attached hydrogen (secondary N) is 1. The molecule has 0 saturated carbocycles. The molecule has 0 aliphatic carbocycles. The second-order valence-electron chi connectivity index (χ2n) is 4.34. The van der Waals surface area contributed by atoms with Crippen molar-refractivity contribution in [1.82, 2.24) is 9.97 Å². The normalized spacial score (nSPS) is 10.3. The fourth-order valence-electron chi connectivity index (χ4n) is 1.83. The van der Waals surface area contributed by atoms with E-state index in [9.17, 15) is 0 Å². The molecule has 5 heteroatoms. The van der Waals surface area contributed by atoms with Crippen molar-refractivity contribution < 1.29 is 0 Å². The summed E-state index contributed by atoms with van der Waals surface area (Å²) in [4.78, 5) is 10.8. The molecule has 0 unspecified atom stereocenters. The summed E-state index contributed by atoms with van der Waals surface area (Å²) in [6.45, 7) is 4.77. The van der Waals surface area contributed by atoms with E-state index in [1.54, 1.807) is 0 Å². The molecule has 19 heavy (non-hydrogen) atoms. The van der Waals surface area contributed by atoms with Crippen LogP contribution in [0.1, 0.15) is 12.7 Å². The highest BCUT2D eigenvalue weighted by Gasteiger charge is 2.08. The van der Waals surface area contributed by atoms with E-state index in [-0.39, 0.29) is 0 Å². The summed E-state index contributed by atoms with van der Waals surface area (Å²) in [6, 6.07) is 9.64. The maximum Gasteiger partial charge on any atom is 0.138 e. The van der Waals surface area contributed by atoms with Crippen molar-refractivity contribution in [3.8, 4) is 0 Å². The summed E-state index contributed by atoms with van der Waals surface area (Å²) < 4.78 is 0. The third-order valence-electron chi connectivity index (χ3n) is 2.81. The van der Waals surface area contributed by atoms with E-state index in [4.69, 9.17) is 5.73 Å². The Hall–Kier alpha value is -2.30. The van der Waals surface area contributed by atoms with Crippen LogP contribution in [0.2, 0.25) is 0 Å². The summed E-state index contributed by atoms with van der Waals surface area (Å²) in [5, 5.41) is 3.21. The van der Waals surface area contributed by atoms with Gasteiger partial charge in [-0.1, -0.05) is 0 Å². The standard InChI is InChI=1S/C14H19N5/c1-4-16-13-9-14(18-10(2)17-13)19(3)12-7-5-11(15)6-8-12/h5-9H,4,15H2,1-3H3,(H,16,17,18). The molecular formula is C14H19N5. The van der Waals surface area contributed by atoms with Crippen LogP contribution in [0.15, 0.2) is 30.3 Å². The number of nitrogens with two attached hydrogens (primary N) is 1. The molecule has 0 saturated heterocycles. The fraction of sp³-hybridized carbons (Fsp3) is 0.286. The summed E-state index contributed by atoms with van der Waals surface area (Å²) >= 11 is 0. The molecule has 0 fully saturated rings. The zero-order valence-corrected chi connectivity index (χ0v) is 11.5. The van der Waals surface area contributed by atoms with Gasteiger partial charge in [-0.15, -0.1) is 0 Å². The highest BCUT2D eigenvalue weighted by molar-refractivity contribution is 5.63. The lowest BCUT2D eigenvalue weighted by molar-refractivity contribution is 1.00. The molecule has 100 valence electrons. The van der Waals surface area contributed by atoms with Gasteiger partial charge in [-0.05, 0) is 38.1 Å². The van der Waals surface area contributed by atoms with Crippen LogP contribution >= 0.6 is 0 Å². The first-order chi connectivity index (χ1) is 9.10. The van der Waals surface area contributed by atoms with Gasteiger partial charge >= 0.3 is 0 Å². The minimum Gasteiger partial charge on any atom is -0.399 e.